The molecule has 0 aromatic rings. The Morgan fingerprint density at radius 2 is 2.00 bits per heavy atom. The highest BCUT2D eigenvalue weighted by atomic mass is 16.5. The van der Waals surface area contributed by atoms with Crippen molar-refractivity contribution in [3.8, 4) is 0 Å². The Morgan fingerprint density at radius 3 is 2.47 bits per heavy atom. The third-order valence-corrected chi connectivity index (χ3v) is 2.71. The summed E-state index contributed by atoms with van der Waals surface area (Å²) in [6.07, 6.45) is 1.55. The maximum absolute atomic E-state index is 11.7. The highest BCUT2D eigenvalue weighted by Gasteiger charge is 2.14. The van der Waals surface area contributed by atoms with Gasteiger partial charge in [-0.1, -0.05) is 20.8 Å². The SMILES string of the molecule is COCC(C)CNC(=O)CC(CN)CC(C)C. The Kier molecular flexibility index (Phi) is 9.09. The van der Waals surface area contributed by atoms with E-state index < -0.39 is 0 Å². The molecule has 0 aromatic heterocycles. The normalized spacial score (nSPS) is 14.7. The Morgan fingerprint density at radius 1 is 1.35 bits per heavy atom. The molecule has 0 bridgehead atoms. The van der Waals surface area contributed by atoms with E-state index in [1.54, 1.807) is 7.11 Å². The molecule has 17 heavy (non-hydrogen) atoms. The van der Waals surface area contributed by atoms with Crippen LogP contribution in [-0.4, -0.2) is 32.7 Å². The molecule has 4 heteroatoms. The van der Waals surface area contributed by atoms with E-state index in [2.05, 4.69) is 26.1 Å². The number of carbonyl (C=O) groups excluding carboxylic acids is 1. The number of hydrogen-bond acceptors (Lipinski definition) is 3. The summed E-state index contributed by atoms with van der Waals surface area (Å²) < 4.78 is 5.02. The van der Waals surface area contributed by atoms with E-state index in [9.17, 15) is 4.79 Å². The number of ether oxygens (including phenoxy) is 1. The van der Waals surface area contributed by atoms with Crippen molar-refractivity contribution >= 4 is 5.91 Å². The first-order valence-corrected chi connectivity index (χ1v) is 6.45. The molecular formula is C13H28N2O2. The fourth-order valence-corrected chi connectivity index (χ4v) is 1.90. The second-order valence-corrected chi connectivity index (χ2v) is 5.30. The van der Waals surface area contributed by atoms with Crippen LogP contribution in [0.2, 0.25) is 0 Å². The molecule has 0 radical (unpaired) electrons. The van der Waals surface area contributed by atoms with Crippen LogP contribution in [0, 0.1) is 17.8 Å². The molecule has 0 aromatic carbocycles. The van der Waals surface area contributed by atoms with Crippen LogP contribution in [0.5, 0.6) is 0 Å². The first kappa shape index (κ1) is 16.4. The van der Waals surface area contributed by atoms with Crippen LogP contribution in [0.25, 0.3) is 0 Å². The van der Waals surface area contributed by atoms with E-state index in [1.165, 1.54) is 0 Å². The van der Waals surface area contributed by atoms with Gasteiger partial charge in [-0.2, -0.15) is 0 Å². The van der Waals surface area contributed by atoms with Gasteiger partial charge < -0.3 is 15.8 Å². The number of amides is 1. The van der Waals surface area contributed by atoms with Gasteiger partial charge in [-0.25, -0.2) is 0 Å². The Balaban J connectivity index is 3.82. The molecule has 0 heterocycles. The summed E-state index contributed by atoms with van der Waals surface area (Å²) in [4.78, 5) is 11.7. The minimum absolute atomic E-state index is 0.101. The molecule has 0 rings (SSSR count). The Hall–Kier alpha value is -0.610. The van der Waals surface area contributed by atoms with Crippen molar-refractivity contribution in [2.24, 2.45) is 23.5 Å². The van der Waals surface area contributed by atoms with Crippen LogP contribution in [0.3, 0.4) is 0 Å². The fourth-order valence-electron chi connectivity index (χ4n) is 1.90. The van der Waals surface area contributed by atoms with Crippen molar-refractivity contribution in [2.45, 2.75) is 33.6 Å². The minimum Gasteiger partial charge on any atom is -0.384 e. The largest absolute Gasteiger partial charge is 0.384 e. The molecule has 0 spiro atoms. The summed E-state index contributed by atoms with van der Waals surface area (Å²) >= 11 is 0. The van der Waals surface area contributed by atoms with Gasteiger partial charge in [0, 0.05) is 20.1 Å². The molecule has 1 amide bonds. The van der Waals surface area contributed by atoms with Gasteiger partial charge in [-0.3, -0.25) is 4.79 Å². The molecule has 0 saturated heterocycles. The van der Waals surface area contributed by atoms with E-state index in [1.807, 2.05) is 0 Å². The number of methoxy groups -OCH3 is 1. The van der Waals surface area contributed by atoms with Crippen LogP contribution in [0.1, 0.15) is 33.6 Å². The van der Waals surface area contributed by atoms with Crippen molar-refractivity contribution in [3.05, 3.63) is 0 Å². The standard InChI is InChI=1S/C13H28N2O2/c1-10(2)5-12(7-14)6-13(16)15-8-11(3)9-17-4/h10-12H,5-9,14H2,1-4H3,(H,15,16). The molecule has 0 aliphatic rings. The topological polar surface area (TPSA) is 64.3 Å². The van der Waals surface area contributed by atoms with Gasteiger partial charge in [0.25, 0.3) is 0 Å². The summed E-state index contributed by atoms with van der Waals surface area (Å²) in [5, 5.41) is 2.93. The lowest BCUT2D eigenvalue weighted by Gasteiger charge is -2.17. The highest BCUT2D eigenvalue weighted by molar-refractivity contribution is 5.76. The van der Waals surface area contributed by atoms with Gasteiger partial charge in [-0.15, -0.1) is 0 Å². The molecular weight excluding hydrogens is 216 g/mol. The summed E-state index contributed by atoms with van der Waals surface area (Å²) in [6, 6.07) is 0. The number of hydrogen-bond donors (Lipinski definition) is 2. The predicted molar refractivity (Wildman–Crippen MR) is 70.7 cm³/mol. The molecule has 0 fully saturated rings. The zero-order valence-electron chi connectivity index (χ0n) is 11.7. The predicted octanol–water partition coefficient (Wildman–Crippen LogP) is 1.40. The number of rotatable bonds is 9. The average Bonchev–Trinajstić information content (AvgIpc) is 2.25. The third-order valence-electron chi connectivity index (χ3n) is 2.71. The van der Waals surface area contributed by atoms with E-state index >= 15 is 0 Å². The van der Waals surface area contributed by atoms with Gasteiger partial charge >= 0.3 is 0 Å². The van der Waals surface area contributed by atoms with Crippen LogP contribution in [0.4, 0.5) is 0 Å². The van der Waals surface area contributed by atoms with Gasteiger partial charge in [-0.05, 0) is 30.7 Å². The smallest absolute Gasteiger partial charge is 0.220 e. The second-order valence-electron chi connectivity index (χ2n) is 5.30. The highest BCUT2D eigenvalue weighted by Crippen LogP contribution is 2.13. The molecule has 4 nitrogen and oxygen atoms in total. The quantitative estimate of drug-likeness (QED) is 0.644. The van der Waals surface area contributed by atoms with Gasteiger partial charge in [0.1, 0.15) is 0 Å². The Labute approximate surface area is 105 Å². The van der Waals surface area contributed by atoms with Crippen LogP contribution in [-0.2, 0) is 9.53 Å². The van der Waals surface area contributed by atoms with E-state index in [0.717, 1.165) is 6.42 Å². The molecule has 3 N–H and O–H groups in total. The lowest BCUT2D eigenvalue weighted by atomic mass is 9.94. The maximum Gasteiger partial charge on any atom is 0.220 e. The molecule has 102 valence electrons. The first-order valence-electron chi connectivity index (χ1n) is 6.45. The van der Waals surface area contributed by atoms with Gasteiger partial charge in [0.15, 0.2) is 0 Å². The molecule has 0 aliphatic heterocycles. The monoisotopic (exact) mass is 244 g/mol. The summed E-state index contributed by atoms with van der Waals surface area (Å²) in [7, 11) is 1.67. The molecule has 2 unspecified atom stereocenters. The fraction of sp³-hybridized carbons (Fsp3) is 0.923. The van der Waals surface area contributed by atoms with Crippen LogP contribution < -0.4 is 11.1 Å². The number of nitrogens with two attached hydrogens (primary N) is 1. The molecule has 0 aliphatic carbocycles. The van der Waals surface area contributed by atoms with Gasteiger partial charge in [0.05, 0.1) is 6.61 Å². The van der Waals surface area contributed by atoms with Crippen molar-refractivity contribution < 1.29 is 9.53 Å². The van der Waals surface area contributed by atoms with Crippen LogP contribution >= 0.6 is 0 Å². The summed E-state index contributed by atoms with van der Waals surface area (Å²) in [5.74, 6) is 1.34. The summed E-state index contributed by atoms with van der Waals surface area (Å²) in [5.41, 5.74) is 5.67. The van der Waals surface area contributed by atoms with Gasteiger partial charge in [0.2, 0.25) is 5.91 Å². The maximum atomic E-state index is 11.7. The lowest BCUT2D eigenvalue weighted by Crippen LogP contribution is -2.32. The summed E-state index contributed by atoms with van der Waals surface area (Å²) in [6.45, 7) is 8.29. The second kappa shape index (κ2) is 9.42. The third kappa shape index (κ3) is 9.12. The van der Waals surface area contributed by atoms with E-state index in [0.29, 0.717) is 43.9 Å². The Bertz CT molecular complexity index is 208. The average molecular weight is 244 g/mol. The van der Waals surface area contributed by atoms with E-state index in [-0.39, 0.29) is 5.91 Å². The zero-order chi connectivity index (χ0) is 13.3. The van der Waals surface area contributed by atoms with Crippen LogP contribution in [0.15, 0.2) is 0 Å². The van der Waals surface area contributed by atoms with Crippen molar-refractivity contribution in [3.63, 3.8) is 0 Å². The van der Waals surface area contributed by atoms with E-state index in [4.69, 9.17) is 10.5 Å². The molecule has 2 atom stereocenters. The van der Waals surface area contributed by atoms with Crippen molar-refractivity contribution in [2.75, 3.05) is 26.8 Å². The van der Waals surface area contributed by atoms with Crippen molar-refractivity contribution in [1.82, 2.24) is 5.32 Å². The lowest BCUT2D eigenvalue weighted by molar-refractivity contribution is -0.122. The number of nitrogens with one attached hydrogen (secondary N) is 1. The van der Waals surface area contributed by atoms with Crippen molar-refractivity contribution in [1.29, 1.82) is 0 Å². The zero-order valence-corrected chi connectivity index (χ0v) is 11.7. The number of carbonyl (C=O) groups is 1. The minimum atomic E-state index is 0.101. The first-order chi connectivity index (χ1) is 7.99. The molecule has 0 saturated carbocycles.